The summed E-state index contributed by atoms with van der Waals surface area (Å²) in [5.41, 5.74) is 3.55. The number of nitrogens with one attached hydrogen (secondary N) is 2. The second-order valence-corrected chi connectivity index (χ2v) is 12.1. The Morgan fingerprint density at radius 2 is 1.64 bits per heavy atom. The summed E-state index contributed by atoms with van der Waals surface area (Å²) in [5, 5.41) is 8.00. The van der Waals surface area contributed by atoms with Crippen molar-refractivity contribution >= 4 is 33.3 Å². The van der Waals surface area contributed by atoms with E-state index in [0.717, 1.165) is 41.5 Å². The average Bonchev–Trinajstić information content (AvgIpc) is 3.39. The monoisotopic (exact) mass is 607 g/mol. The predicted octanol–water partition coefficient (Wildman–Crippen LogP) is 6.43. The fourth-order valence-corrected chi connectivity index (χ4v) is 6.46. The van der Waals surface area contributed by atoms with Gasteiger partial charge in [-0.1, -0.05) is 90.8 Å². The van der Waals surface area contributed by atoms with Crippen LogP contribution in [0.1, 0.15) is 50.4 Å². The molecule has 42 heavy (non-hydrogen) atoms. The largest absolute Gasteiger partial charge is 0.360 e. The number of Topliss-reactive ketones (excluding diaryl/α,β-unsaturated/α-hetero) is 1. The number of rotatable bonds is 7. The van der Waals surface area contributed by atoms with E-state index < -0.39 is 21.5 Å². The van der Waals surface area contributed by atoms with Crippen LogP contribution in [0.4, 0.5) is 0 Å². The molecular weight excluding hydrogens is 574 g/mol. The van der Waals surface area contributed by atoms with Gasteiger partial charge in [0.15, 0.2) is 5.78 Å². The minimum atomic E-state index is -3.87. The number of carbonyl (C=O) groups is 2. The number of likely N-dealkylation sites (N-methyl/N-ethyl adjacent to an activating group) is 1. The Morgan fingerprint density at radius 3 is 2.26 bits per heavy atom. The lowest BCUT2D eigenvalue weighted by molar-refractivity contribution is -0.127. The van der Waals surface area contributed by atoms with Gasteiger partial charge in [0, 0.05) is 23.4 Å². The number of carbonyl (C=O) groups excluding carboxylic acids is 2. The lowest BCUT2D eigenvalue weighted by atomic mass is 9.75. The molecule has 0 saturated heterocycles. The summed E-state index contributed by atoms with van der Waals surface area (Å²) >= 11 is 6.20. The molecule has 3 aromatic carbocycles. The second kappa shape index (κ2) is 13.5. The van der Waals surface area contributed by atoms with Crippen LogP contribution >= 0.6 is 11.6 Å². The average molecular weight is 608 g/mol. The van der Waals surface area contributed by atoms with Gasteiger partial charge in [0.1, 0.15) is 17.0 Å². The summed E-state index contributed by atoms with van der Waals surface area (Å²) in [5.74, 6) is 0.350. The standard InChI is InChI=1S/C19H18N2O4S.C13H16ClNO/c1-3-17(22)21-26(23,24)16-11-9-14(10-12-16)18-13(2)25-20-19(18)15-7-5-4-6-8-15;1-15-13(9-5-4-8-12(13)16)10-6-2-3-7-11(10)14/h4-12H,3H2,1-2H3,(H,21,22);2-3,6-7,15H,4-5,8-9H2,1H3. The van der Waals surface area contributed by atoms with Gasteiger partial charge in [-0.2, -0.15) is 0 Å². The Kier molecular flexibility index (Phi) is 9.98. The first-order valence-electron chi connectivity index (χ1n) is 13.8. The van der Waals surface area contributed by atoms with Gasteiger partial charge in [-0.3, -0.25) is 9.59 Å². The molecule has 0 bridgehead atoms. The van der Waals surface area contributed by atoms with Gasteiger partial charge >= 0.3 is 0 Å². The van der Waals surface area contributed by atoms with Gasteiger partial charge in [0.25, 0.3) is 10.0 Å². The molecule has 4 aromatic rings. The number of aryl methyl sites for hydroxylation is 1. The first kappa shape index (κ1) is 31.2. The van der Waals surface area contributed by atoms with E-state index in [1.165, 1.54) is 12.1 Å². The van der Waals surface area contributed by atoms with Crippen molar-refractivity contribution in [1.82, 2.24) is 15.2 Å². The zero-order valence-corrected chi connectivity index (χ0v) is 25.4. The van der Waals surface area contributed by atoms with Crippen molar-refractivity contribution in [3.05, 3.63) is 95.2 Å². The molecule has 2 N–H and O–H groups in total. The Bertz CT molecular complexity index is 1650. The van der Waals surface area contributed by atoms with Crippen molar-refractivity contribution in [2.75, 3.05) is 7.05 Å². The van der Waals surface area contributed by atoms with Crippen molar-refractivity contribution in [2.45, 2.75) is 56.4 Å². The lowest BCUT2D eigenvalue weighted by Crippen LogP contribution is -2.49. The normalized spacial score (nSPS) is 16.8. The second-order valence-electron chi connectivity index (χ2n) is 10.0. The van der Waals surface area contributed by atoms with Gasteiger partial charge in [-0.15, -0.1) is 0 Å². The first-order chi connectivity index (χ1) is 20.1. The van der Waals surface area contributed by atoms with Crippen LogP contribution in [0.15, 0.2) is 88.3 Å². The maximum atomic E-state index is 12.2. The topological polar surface area (TPSA) is 118 Å². The van der Waals surface area contributed by atoms with Crippen molar-refractivity contribution in [3.8, 4) is 22.4 Å². The summed E-state index contributed by atoms with van der Waals surface area (Å²) in [7, 11) is -2.03. The fraction of sp³-hybridized carbons (Fsp3) is 0.281. The molecule has 1 heterocycles. The number of amides is 1. The highest BCUT2D eigenvalue weighted by Crippen LogP contribution is 2.38. The Labute approximate surface area is 251 Å². The van der Waals surface area contributed by atoms with Crippen LogP contribution in [0.3, 0.4) is 0 Å². The molecule has 1 amide bonds. The molecule has 10 heteroatoms. The SMILES string of the molecule is CCC(=O)NS(=O)(=O)c1ccc(-c2c(-c3ccccc3)noc2C)cc1.CNC1(c2ccccc2Cl)CCCCC1=O. The number of nitrogens with zero attached hydrogens (tertiary/aromatic N) is 1. The molecule has 1 unspecified atom stereocenters. The minimum Gasteiger partial charge on any atom is -0.360 e. The van der Waals surface area contributed by atoms with E-state index in [0.29, 0.717) is 22.9 Å². The molecule has 5 rings (SSSR count). The van der Waals surface area contributed by atoms with E-state index >= 15 is 0 Å². The molecule has 1 aromatic heterocycles. The highest BCUT2D eigenvalue weighted by Gasteiger charge is 2.41. The summed E-state index contributed by atoms with van der Waals surface area (Å²) in [6.07, 6.45) is 3.64. The highest BCUT2D eigenvalue weighted by molar-refractivity contribution is 7.90. The Morgan fingerprint density at radius 1 is 0.976 bits per heavy atom. The predicted molar refractivity (Wildman–Crippen MR) is 163 cm³/mol. The molecule has 0 aliphatic heterocycles. The third-order valence-corrected chi connectivity index (χ3v) is 9.09. The maximum absolute atomic E-state index is 12.2. The van der Waals surface area contributed by atoms with Crippen molar-refractivity contribution in [3.63, 3.8) is 0 Å². The number of sulfonamides is 1. The zero-order chi connectivity index (χ0) is 30.3. The molecule has 8 nitrogen and oxygen atoms in total. The number of hydrogen-bond acceptors (Lipinski definition) is 7. The lowest BCUT2D eigenvalue weighted by Gasteiger charge is -2.36. The molecular formula is C32H34ClN3O5S. The van der Waals surface area contributed by atoms with E-state index in [9.17, 15) is 18.0 Å². The van der Waals surface area contributed by atoms with Crippen LogP contribution in [0.5, 0.6) is 0 Å². The van der Waals surface area contributed by atoms with E-state index in [2.05, 4.69) is 10.5 Å². The Hall–Kier alpha value is -3.79. The fourth-order valence-electron chi connectivity index (χ4n) is 5.11. The van der Waals surface area contributed by atoms with Crippen LogP contribution in [0.2, 0.25) is 5.02 Å². The minimum absolute atomic E-state index is 0.0263. The van der Waals surface area contributed by atoms with E-state index in [1.807, 2.05) is 66.4 Å². The number of halogens is 1. The summed E-state index contributed by atoms with van der Waals surface area (Å²) in [4.78, 5) is 23.6. The zero-order valence-electron chi connectivity index (χ0n) is 23.8. The number of aromatic nitrogens is 1. The van der Waals surface area contributed by atoms with Gasteiger partial charge in [-0.05, 0) is 56.1 Å². The van der Waals surface area contributed by atoms with E-state index in [1.54, 1.807) is 26.0 Å². The summed E-state index contributed by atoms with van der Waals surface area (Å²) in [6.45, 7) is 3.40. The highest BCUT2D eigenvalue weighted by atomic mass is 35.5. The molecule has 1 aliphatic carbocycles. The van der Waals surface area contributed by atoms with E-state index in [-0.39, 0.29) is 17.1 Å². The molecule has 0 radical (unpaired) electrons. The van der Waals surface area contributed by atoms with Crippen LogP contribution in [0.25, 0.3) is 22.4 Å². The van der Waals surface area contributed by atoms with Crippen molar-refractivity contribution in [1.29, 1.82) is 0 Å². The van der Waals surface area contributed by atoms with Gasteiger partial charge in [-0.25, -0.2) is 13.1 Å². The number of hydrogen-bond donors (Lipinski definition) is 2. The third-order valence-electron chi connectivity index (χ3n) is 7.37. The van der Waals surface area contributed by atoms with Crippen LogP contribution in [-0.4, -0.2) is 32.3 Å². The molecule has 220 valence electrons. The molecule has 1 saturated carbocycles. The summed E-state index contributed by atoms with van der Waals surface area (Å²) in [6, 6.07) is 23.5. The Balaban J connectivity index is 0.000000216. The van der Waals surface area contributed by atoms with Crippen molar-refractivity contribution in [2.24, 2.45) is 0 Å². The van der Waals surface area contributed by atoms with Crippen LogP contribution < -0.4 is 10.0 Å². The van der Waals surface area contributed by atoms with Crippen molar-refractivity contribution < 1.29 is 22.5 Å². The number of ketones is 1. The quantitative estimate of drug-likeness (QED) is 0.248. The third kappa shape index (κ3) is 6.64. The summed E-state index contributed by atoms with van der Waals surface area (Å²) < 4.78 is 31.8. The maximum Gasteiger partial charge on any atom is 0.264 e. The first-order valence-corrected chi connectivity index (χ1v) is 15.6. The van der Waals surface area contributed by atoms with Gasteiger partial charge in [0.05, 0.1) is 10.5 Å². The molecule has 1 aliphatic rings. The number of benzene rings is 3. The molecule has 0 spiro atoms. The van der Waals surface area contributed by atoms with Gasteiger partial charge < -0.3 is 9.84 Å². The molecule has 1 fully saturated rings. The van der Waals surface area contributed by atoms with E-state index in [4.69, 9.17) is 16.1 Å². The smallest absolute Gasteiger partial charge is 0.264 e. The van der Waals surface area contributed by atoms with Crippen LogP contribution in [-0.2, 0) is 25.2 Å². The van der Waals surface area contributed by atoms with Gasteiger partial charge in [0.2, 0.25) is 5.91 Å². The molecule has 1 atom stereocenters. The van der Waals surface area contributed by atoms with Crippen LogP contribution in [0, 0.1) is 6.92 Å².